The third-order valence-electron chi connectivity index (χ3n) is 4.32. The maximum absolute atomic E-state index is 14.2. The Labute approximate surface area is 143 Å². The minimum atomic E-state index is -0.482. The molecule has 1 fully saturated rings. The Morgan fingerprint density at radius 3 is 2.44 bits per heavy atom. The molecule has 5 nitrogen and oxygen atoms in total. The van der Waals surface area contributed by atoms with Crippen molar-refractivity contribution in [3.63, 3.8) is 0 Å². The van der Waals surface area contributed by atoms with Crippen LogP contribution in [-0.4, -0.2) is 34.8 Å². The van der Waals surface area contributed by atoms with Gasteiger partial charge in [-0.05, 0) is 17.7 Å². The predicted octanol–water partition coefficient (Wildman–Crippen LogP) is 2.68. The van der Waals surface area contributed by atoms with Crippen molar-refractivity contribution in [3.8, 4) is 0 Å². The van der Waals surface area contributed by atoms with Crippen LogP contribution < -0.4 is 4.90 Å². The van der Waals surface area contributed by atoms with Crippen molar-refractivity contribution < 1.29 is 14.0 Å². The first kappa shape index (κ1) is 15.5. The van der Waals surface area contributed by atoms with Gasteiger partial charge in [-0.2, -0.15) is 0 Å². The number of amides is 2. The van der Waals surface area contributed by atoms with E-state index < -0.39 is 5.82 Å². The van der Waals surface area contributed by atoms with Gasteiger partial charge in [0.25, 0.3) is 0 Å². The summed E-state index contributed by atoms with van der Waals surface area (Å²) in [7, 11) is 0. The number of imide groups is 1. The highest BCUT2D eigenvalue weighted by Crippen LogP contribution is 2.26. The maximum Gasteiger partial charge on any atom is 0.247 e. The third-order valence-corrected chi connectivity index (χ3v) is 4.32. The van der Waals surface area contributed by atoms with Gasteiger partial charge in [-0.1, -0.05) is 30.3 Å². The van der Waals surface area contributed by atoms with Crippen molar-refractivity contribution in [1.29, 1.82) is 0 Å². The first-order valence-electron chi connectivity index (χ1n) is 8.00. The van der Waals surface area contributed by atoms with Gasteiger partial charge < -0.3 is 4.98 Å². The quantitative estimate of drug-likeness (QED) is 0.748. The molecule has 2 heterocycles. The van der Waals surface area contributed by atoms with E-state index in [1.54, 1.807) is 23.2 Å². The molecule has 2 amide bonds. The van der Waals surface area contributed by atoms with Crippen LogP contribution in [0.1, 0.15) is 5.56 Å². The molecule has 2 aromatic carbocycles. The van der Waals surface area contributed by atoms with Crippen LogP contribution >= 0.6 is 0 Å². The molecule has 3 aromatic rings. The van der Waals surface area contributed by atoms with Gasteiger partial charge >= 0.3 is 0 Å². The smallest absolute Gasteiger partial charge is 0.247 e. The van der Waals surface area contributed by atoms with E-state index in [2.05, 4.69) is 4.98 Å². The zero-order valence-corrected chi connectivity index (χ0v) is 13.4. The average molecular weight is 337 g/mol. The SMILES string of the molecule is O=C1CN(Cc2ccccc2)CC(=O)N1c1cc(F)c2[nH]ccc2c1. The van der Waals surface area contributed by atoms with Crippen molar-refractivity contribution in [2.45, 2.75) is 6.54 Å². The molecule has 25 heavy (non-hydrogen) atoms. The second kappa shape index (κ2) is 6.14. The summed E-state index contributed by atoms with van der Waals surface area (Å²) in [6.07, 6.45) is 1.62. The molecule has 126 valence electrons. The van der Waals surface area contributed by atoms with E-state index >= 15 is 0 Å². The second-order valence-corrected chi connectivity index (χ2v) is 6.12. The Morgan fingerprint density at radius 1 is 1.00 bits per heavy atom. The van der Waals surface area contributed by atoms with E-state index in [-0.39, 0.29) is 30.6 Å². The average Bonchev–Trinajstić information content (AvgIpc) is 3.04. The number of nitrogens with one attached hydrogen (secondary N) is 1. The Bertz CT molecular complexity index is 934. The summed E-state index contributed by atoms with van der Waals surface area (Å²) >= 11 is 0. The van der Waals surface area contributed by atoms with Crippen LogP contribution in [0.25, 0.3) is 10.9 Å². The molecule has 0 bridgehead atoms. The van der Waals surface area contributed by atoms with Crippen molar-refractivity contribution in [2.75, 3.05) is 18.0 Å². The topological polar surface area (TPSA) is 56.4 Å². The Hall–Kier alpha value is -2.99. The van der Waals surface area contributed by atoms with Gasteiger partial charge in [-0.25, -0.2) is 9.29 Å². The molecular formula is C19H16FN3O2. The zero-order chi connectivity index (χ0) is 17.4. The lowest BCUT2D eigenvalue weighted by atomic mass is 10.1. The van der Waals surface area contributed by atoms with Crippen LogP contribution in [0.3, 0.4) is 0 Å². The number of piperazine rings is 1. The number of hydrogen-bond donors (Lipinski definition) is 1. The second-order valence-electron chi connectivity index (χ2n) is 6.12. The number of fused-ring (bicyclic) bond motifs is 1. The van der Waals surface area contributed by atoms with Crippen LogP contribution in [0.4, 0.5) is 10.1 Å². The van der Waals surface area contributed by atoms with Crippen molar-refractivity contribution >= 4 is 28.4 Å². The number of carbonyl (C=O) groups excluding carboxylic acids is 2. The van der Waals surface area contributed by atoms with Crippen molar-refractivity contribution in [3.05, 3.63) is 66.1 Å². The number of aromatic amines is 1. The van der Waals surface area contributed by atoms with Crippen molar-refractivity contribution in [2.24, 2.45) is 0 Å². The summed E-state index contributed by atoms with van der Waals surface area (Å²) in [4.78, 5) is 30.7. The van der Waals surface area contributed by atoms with Crippen LogP contribution in [-0.2, 0) is 16.1 Å². The molecule has 4 rings (SSSR count). The number of hydrogen-bond acceptors (Lipinski definition) is 3. The lowest BCUT2D eigenvalue weighted by Crippen LogP contribution is -2.53. The van der Waals surface area contributed by atoms with Crippen LogP contribution in [0.15, 0.2) is 54.7 Å². The standard InChI is InChI=1S/C19H16FN3O2/c20-16-9-15(8-14-6-7-21-19(14)16)23-17(24)11-22(12-18(23)25)10-13-4-2-1-3-5-13/h1-9,21H,10-12H2. The first-order chi connectivity index (χ1) is 12.1. The molecule has 0 aliphatic carbocycles. The molecule has 0 radical (unpaired) electrons. The van der Waals surface area contributed by atoms with Gasteiger partial charge in [0.15, 0.2) is 0 Å². The zero-order valence-electron chi connectivity index (χ0n) is 13.4. The number of halogens is 1. The highest BCUT2D eigenvalue weighted by atomic mass is 19.1. The van der Waals surface area contributed by atoms with Gasteiger partial charge in [-0.15, -0.1) is 0 Å². The Balaban J connectivity index is 1.57. The molecule has 0 spiro atoms. The number of H-pyrrole nitrogens is 1. The largest absolute Gasteiger partial charge is 0.359 e. The van der Waals surface area contributed by atoms with Crippen LogP contribution in [0, 0.1) is 5.82 Å². The number of aromatic nitrogens is 1. The number of rotatable bonds is 3. The lowest BCUT2D eigenvalue weighted by molar-refractivity contribution is -0.132. The monoisotopic (exact) mass is 337 g/mol. The molecule has 1 N–H and O–H groups in total. The van der Waals surface area contributed by atoms with E-state index in [4.69, 9.17) is 0 Å². The fourth-order valence-electron chi connectivity index (χ4n) is 3.20. The van der Waals surface area contributed by atoms with Crippen molar-refractivity contribution in [1.82, 2.24) is 9.88 Å². The van der Waals surface area contributed by atoms with Gasteiger partial charge in [0.2, 0.25) is 11.8 Å². The summed E-state index contributed by atoms with van der Waals surface area (Å²) in [6.45, 7) is 0.762. The number of nitrogens with zero attached hydrogens (tertiary/aromatic N) is 2. The van der Waals surface area contributed by atoms with Gasteiger partial charge in [0, 0.05) is 24.2 Å². The van der Waals surface area contributed by atoms with Crippen LogP contribution in [0.5, 0.6) is 0 Å². The summed E-state index contributed by atoms with van der Waals surface area (Å²) in [5.74, 6) is -1.17. The summed E-state index contributed by atoms with van der Waals surface area (Å²) in [6, 6.07) is 14.3. The van der Waals surface area contributed by atoms with Gasteiger partial charge in [0.1, 0.15) is 5.82 Å². The molecule has 0 unspecified atom stereocenters. The molecule has 6 heteroatoms. The highest BCUT2D eigenvalue weighted by molar-refractivity contribution is 6.18. The molecule has 0 atom stereocenters. The molecule has 1 aromatic heterocycles. The predicted molar refractivity (Wildman–Crippen MR) is 92.5 cm³/mol. The first-order valence-corrected chi connectivity index (χ1v) is 8.00. The van der Waals surface area contributed by atoms with E-state index in [1.165, 1.54) is 6.07 Å². The summed E-state index contributed by atoms with van der Waals surface area (Å²) in [5.41, 5.74) is 1.68. The lowest BCUT2D eigenvalue weighted by Gasteiger charge is -2.32. The Morgan fingerprint density at radius 2 is 1.72 bits per heavy atom. The molecule has 1 saturated heterocycles. The summed E-state index contributed by atoms with van der Waals surface area (Å²) in [5, 5.41) is 0.627. The fraction of sp³-hybridized carbons (Fsp3) is 0.158. The third kappa shape index (κ3) is 2.92. The summed E-state index contributed by atoms with van der Waals surface area (Å²) < 4.78 is 14.2. The number of anilines is 1. The van der Waals surface area contributed by atoms with E-state index in [0.29, 0.717) is 17.4 Å². The Kier molecular flexibility index (Phi) is 3.82. The van der Waals surface area contributed by atoms with Gasteiger partial charge in [0.05, 0.1) is 24.3 Å². The fourth-order valence-corrected chi connectivity index (χ4v) is 3.20. The van der Waals surface area contributed by atoms with E-state index in [1.807, 2.05) is 30.3 Å². The minimum absolute atomic E-state index is 0.118. The van der Waals surface area contributed by atoms with E-state index in [0.717, 1.165) is 10.5 Å². The van der Waals surface area contributed by atoms with E-state index in [9.17, 15) is 14.0 Å². The molecule has 1 aliphatic heterocycles. The molecule has 1 aliphatic rings. The van der Waals surface area contributed by atoms with Crippen LogP contribution in [0.2, 0.25) is 0 Å². The molecular weight excluding hydrogens is 321 g/mol. The maximum atomic E-state index is 14.2. The van der Waals surface area contributed by atoms with Gasteiger partial charge in [-0.3, -0.25) is 14.5 Å². The number of carbonyl (C=O) groups is 2. The normalized spacial score (nSPS) is 16.0. The minimum Gasteiger partial charge on any atom is -0.359 e. The number of benzene rings is 2. The highest BCUT2D eigenvalue weighted by Gasteiger charge is 2.32. The molecule has 0 saturated carbocycles.